The summed E-state index contributed by atoms with van der Waals surface area (Å²) in [6.45, 7) is 0. The molecule has 1 aliphatic carbocycles. The van der Waals surface area contributed by atoms with Crippen molar-refractivity contribution in [2.45, 2.75) is 23.9 Å². The van der Waals surface area contributed by atoms with Crippen LogP contribution in [0.5, 0.6) is 0 Å². The summed E-state index contributed by atoms with van der Waals surface area (Å²) in [5.74, 6) is -0.0695. The van der Waals surface area contributed by atoms with Crippen molar-refractivity contribution in [2.24, 2.45) is 0 Å². The van der Waals surface area contributed by atoms with Crippen LogP contribution in [0.2, 0.25) is 0 Å². The third-order valence-electron chi connectivity index (χ3n) is 4.42. The number of carbonyl (C=O) groups is 1. The predicted octanol–water partition coefficient (Wildman–Crippen LogP) is 3.23. The van der Waals surface area contributed by atoms with Gasteiger partial charge in [0.2, 0.25) is 20.7 Å². The number of thioether (sulfide) groups is 1. The van der Waals surface area contributed by atoms with Crippen molar-refractivity contribution >= 4 is 54.4 Å². The fraction of sp³-hybridized carbons (Fsp3) is 0.278. The molecule has 1 saturated carbocycles. The fourth-order valence-corrected chi connectivity index (χ4v) is 5.04. The highest BCUT2D eigenvalue weighted by molar-refractivity contribution is 9.10. The van der Waals surface area contributed by atoms with Crippen LogP contribution in [0, 0.1) is 0 Å². The van der Waals surface area contributed by atoms with Crippen molar-refractivity contribution in [1.29, 1.82) is 0 Å². The molecule has 0 radical (unpaired) electrons. The van der Waals surface area contributed by atoms with E-state index in [0.29, 0.717) is 15.8 Å². The van der Waals surface area contributed by atoms with Crippen LogP contribution in [-0.2, 0) is 14.8 Å². The molecule has 0 saturated heterocycles. The maximum absolute atomic E-state index is 11.8. The Bertz CT molecular complexity index is 1170. The first kappa shape index (κ1) is 19.4. The number of fused-ring (bicyclic) bond motifs is 1. The van der Waals surface area contributed by atoms with E-state index in [9.17, 15) is 13.2 Å². The van der Waals surface area contributed by atoms with Gasteiger partial charge in [0, 0.05) is 5.39 Å². The Labute approximate surface area is 175 Å². The van der Waals surface area contributed by atoms with Crippen LogP contribution in [0.15, 0.2) is 46.3 Å². The van der Waals surface area contributed by atoms with Crippen LogP contribution >= 0.6 is 27.7 Å². The maximum Gasteiger partial charge on any atom is 0.243 e. The summed E-state index contributed by atoms with van der Waals surface area (Å²) < 4.78 is 26.7. The van der Waals surface area contributed by atoms with E-state index in [0.717, 1.165) is 29.1 Å². The molecule has 0 bridgehead atoms. The molecule has 1 heterocycles. The number of nitrogens with zero attached hydrogens (tertiary/aromatic N) is 3. The van der Waals surface area contributed by atoms with Crippen molar-refractivity contribution < 1.29 is 13.2 Å². The van der Waals surface area contributed by atoms with Crippen molar-refractivity contribution in [3.05, 3.63) is 46.7 Å². The average Bonchev–Trinajstić information content (AvgIpc) is 3.41. The van der Waals surface area contributed by atoms with Gasteiger partial charge in [-0.3, -0.25) is 14.1 Å². The van der Waals surface area contributed by atoms with Gasteiger partial charge in [0.05, 0.1) is 17.7 Å². The standard InChI is InChI=1S/C18H17BrN4O3S2/c1-28(25,26)22-16(24)10-27-18-21-20-17(19)23(18)15-9-8-12(11-6-7-11)13-4-2-3-5-14(13)15/h2-5,8-9,11H,6-7,10H2,1H3,(H,22,24). The highest BCUT2D eigenvalue weighted by Gasteiger charge is 2.26. The number of amides is 1. The zero-order valence-electron chi connectivity index (χ0n) is 14.9. The molecule has 1 aliphatic rings. The van der Waals surface area contributed by atoms with Gasteiger partial charge in [-0.25, -0.2) is 8.42 Å². The summed E-state index contributed by atoms with van der Waals surface area (Å²) in [5, 5.41) is 11.0. The minimum Gasteiger partial charge on any atom is -0.273 e. The summed E-state index contributed by atoms with van der Waals surface area (Å²) in [6, 6.07) is 12.4. The second-order valence-electron chi connectivity index (χ2n) is 6.67. The van der Waals surface area contributed by atoms with E-state index in [1.807, 2.05) is 27.5 Å². The van der Waals surface area contributed by atoms with E-state index < -0.39 is 15.9 Å². The SMILES string of the molecule is CS(=O)(=O)NC(=O)CSc1nnc(Br)n1-c1ccc(C2CC2)c2ccccc12. The minimum atomic E-state index is -3.59. The van der Waals surface area contributed by atoms with E-state index >= 15 is 0 Å². The Morgan fingerprint density at radius 2 is 1.93 bits per heavy atom. The van der Waals surface area contributed by atoms with Crippen LogP contribution in [0.4, 0.5) is 0 Å². The second kappa shape index (κ2) is 7.49. The smallest absolute Gasteiger partial charge is 0.243 e. The second-order valence-corrected chi connectivity index (χ2v) is 10.1. The molecule has 146 valence electrons. The summed E-state index contributed by atoms with van der Waals surface area (Å²) >= 11 is 4.56. The van der Waals surface area contributed by atoms with Gasteiger partial charge in [-0.05, 0) is 51.7 Å². The van der Waals surface area contributed by atoms with Crippen LogP contribution in [-0.4, -0.2) is 41.1 Å². The van der Waals surface area contributed by atoms with E-state index in [-0.39, 0.29) is 5.75 Å². The number of nitrogens with one attached hydrogen (secondary N) is 1. The number of rotatable bonds is 6. The van der Waals surface area contributed by atoms with Crippen LogP contribution in [0.1, 0.15) is 24.3 Å². The number of hydrogen-bond acceptors (Lipinski definition) is 6. The molecule has 0 unspecified atom stereocenters. The van der Waals surface area contributed by atoms with Gasteiger partial charge in [-0.15, -0.1) is 10.2 Å². The normalized spacial score (nSPS) is 14.4. The van der Waals surface area contributed by atoms with E-state index in [1.165, 1.54) is 23.8 Å². The lowest BCUT2D eigenvalue weighted by molar-refractivity contribution is -0.116. The summed E-state index contributed by atoms with van der Waals surface area (Å²) in [7, 11) is -3.59. The number of aromatic nitrogens is 3. The molecule has 2 aromatic carbocycles. The van der Waals surface area contributed by atoms with Crippen molar-refractivity contribution in [3.63, 3.8) is 0 Å². The first-order valence-electron chi connectivity index (χ1n) is 8.60. The summed E-state index contributed by atoms with van der Waals surface area (Å²) in [4.78, 5) is 11.8. The van der Waals surface area contributed by atoms with Gasteiger partial charge in [-0.2, -0.15) is 0 Å². The third-order valence-corrected chi connectivity index (χ3v) is 6.46. The lowest BCUT2D eigenvalue weighted by Gasteiger charge is -2.13. The molecular formula is C18H17BrN4O3S2. The summed E-state index contributed by atoms with van der Waals surface area (Å²) in [5.41, 5.74) is 2.26. The van der Waals surface area contributed by atoms with Gasteiger partial charge < -0.3 is 0 Å². The highest BCUT2D eigenvalue weighted by atomic mass is 79.9. The first-order chi connectivity index (χ1) is 13.3. The van der Waals surface area contributed by atoms with Crippen molar-refractivity contribution in [2.75, 3.05) is 12.0 Å². The van der Waals surface area contributed by atoms with Crippen LogP contribution in [0.25, 0.3) is 16.5 Å². The van der Waals surface area contributed by atoms with Gasteiger partial charge in [0.1, 0.15) is 0 Å². The molecular weight excluding hydrogens is 464 g/mol. The molecule has 28 heavy (non-hydrogen) atoms. The molecule has 3 aromatic rings. The Morgan fingerprint density at radius 1 is 1.21 bits per heavy atom. The Kier molecular flexibility index (Phi) is 5.19. The molecule has 0 atom stereocenters. The quantitative estimate of drug-likeness (QED) is 0.544. The molecule has 1 aromatic heterocycles. The monoisotopic (exact) mass is 480 g/mol. The van der Waals surface area contributed by atoms with Gasteiger partial charge in [0.25, 0.3) is 0 Å². The van der Waals surface area contributed by atoms with Gasteiger partial charge in [0.15, 0.2) is 5.16 Å². The number of sulfonamides is 1. The van der Waals surface area contributed by atoms with E-state index in [4.69, 9.17) is 0 Å². The molecule has 1 amide bonds. The molecule has 10 heteroatoms. The number of carbonyl (C=O) groups excluding carboxylic acids is 1. The number of benzene rings is 2. The van der Waals surface area contributed by atoms with Gasteiger partial charge >= 0.3 is 0 Å². The molecule has 0 spiro atoms. The topological polar surface area (TPSA) is 93.9 Å². The zero-order chi connectivity index (χ0) is 19.9. The molecule has 7 nitrogen and oxygen atoms in total. The van der Waals surface area contributed by atoms with Crippen LogP contribution in [0.3, 0.4) is 0 Å². The van der Waals surface area contributed by atoms with Crippen molar-refractivity contribution in [1.82, 2.24) is 19.5 Å². The average molecular weight is 481 g/mol. The first-order valence-corrected chi connectivity index (χ1v) is 12.3. The number of hydrogen-bond donors (Lipinski definition) is 1. The lowest BCUT2D eigenvalue weighted by Crippen LogP contribution is -2.30. The van der Waals surface area contributed by atoms with Crippen molar-refractivity contribution in [3.8, 4) is 5.69 Å². The Morgan fingerprint density at radius 3 is 2.61 bits per heavy atom. The molecule has 1 fully saturated rings. The summed E-state index contributed by atoms with van der Waals surface area (Å²) in [6.07, 6.45) is 3.38. The zero-order valence-corrected chi connectivity index (χ0v) is 18.1. The van der Waals surface area contributed by atoms with E-state index in [2.05, 4.69) is 44.3 Å². The predicted molar refractivity (Wildman–Crippen MR) is 112 cm³/mol. The third kappa shape index (κ3) is 4.08. The largest absolute Gasteiger partial charge is 0.273 e. The van der Waals surface area contributed by atoms with E-state index in [1.54, 1.807) is 0 Å². The highest BCUT2D eigenvalue weighted by Crippen LogP contribution is 2.44. The van der Waals surface area contributed by atoms with Gasteiger partial charge in [-0.1, -0.05) is 42.1 Å². The fourth-order valence-electron chi connectivity index (χ4n) is 3.17. The number of halogens is 1. The lowest BCUT2D eigenvalue weighted by atomic mass is 9.99. The molecule has 4 rings (SSSR count). The Hall–Kier alpha value is -1.91. The Balaban J connectivity index is 1.70. The molecule has 1 N–H and O–H groups in total. The maximum atomic E-state index is 11.8. The molecule has 0 aliphatic heterocycles. The minimum absolute atomic E-state index is 0.0870. The van der Waals surface area contributed by atoms with Crippen LogP contribution < -0.4 is 4.72 Å².